The Kier molecular flexibility index (Phi) is 7.86. The van der Waals surface area contributed by atoms with Gasteiger partial charge >= 0.3 is 6.09 Å². The molecule has 196 valence electrons. The molecule has 8 nitrogen and oxygen atoms in total. The highest BCUT2D eigenvalue weighted by molar-refractivity contribution is 5.80. The van der Waals surface area contributed by atoms with Crippen molar-refractivity contribution in [1.29, 1.82) is 0 Å². The van der Waals surface area contributed by atoms with E-state index in [0.29, 0.717) is 13.1 Å². The standard InChI is InChI=1S/C29H35N3O5/c1-29(2,3)37-28(34)31-16-14-22(15-17-31)27-30-25(20-6-10-23(35-4)11-7-20)26(32(27)18-19-33)21-8-12-24(36-5)13-9-21/h6-13,19,22H,14-18H2,1-5H3. The van der Waals surface area contributed by atoms with Crippen LogP contribution in [-0.4, -0.2) is 59.7 Å². The molecule has 1 saturated heterocycles. The van der Waals surface area contributed by atoms with Crippen LogP contribution in [-0.2, 0) is 16.1 Å². The number of carbonyl (C=O) groups is 2. The maximum Gasteiger partial charge on any atom is 0.410 e. The Labute approximate surface area is 218 Å². The maximum atomic E-state index is 12.6. The quantitative estimate of drug-likeness (QED) is 0.392. The van der Waals surface area contributed by atoms with Gasteiger partial charge in [-0.15, -0.1) is 0 Å². The lowest BCUT2D eigenvalue weighted by Gasteiger charge is -2.33. The van der Waals surface area contributed by atoms with Gasteiger partial charge in [0.25, 0.3) is 0 Å². The summed E-state index contributed by atoms with van der Waals surface area (Å²) in [5.41, 5.74) is 3.03. The van der Waals surface area contributed by atoms with Crippen molar-refractivity contribution in [3.8, 4) is 34.0 Å². The van der Waals surface area contributed by atoms with Crippen molar-refractivity contribution >= 4 is 12.4 Å². The molecule has 0 radical (unpaired) electrons. The first-order valence-corrected chi connectivity index (χ1v) is 12.5. The van der Waals surface area contributed by atoms with Gasteiger partial charge in [0, 0.05) is 30.1 Å². The Morgan fingerprint density at radius 1 is 0.946 bits per heavy atom. The van der Waals surface area contributed by atoms with Crippen molar-refractivity contribution in [3.63, 3.8) is 0 Å². The molecule has 0 N–H and O–H groups in total. The van der Waals surface area contributed by atoms with E-state index in [0.717, 1.165) is 59.0 Å². The SMILES string of the molecule is COc1ccc(-c2nc(C3CCN(C(=O)OC(C)(C)C)CC3)n(CC=O)c2-c2ccc(OC)cc2)cc1. The molecular weight excluding hydrogens is 470 g/mol. The zero-order valence-electron chi connectivity index (χ0n) is 22.2. The van der Waals surface area contributed by atoms with E-state index >= 15 is 0 Å². The van der Waals surface area contributed by atoms with E-state index in [1.807, 2.05) is 73.9 Å². The van der Waals surface area contributed by atoms with Crippen LogP contribution >= 0.6 is 0 Å². The summed E-state index contributed by atoms with van der Waals surface area (Å²) in [6.07, 6.45) is 2.09. The van der Waals surface area contributed by atoms with Crippen molar-refractivity contribution in [2.75, 3.05) is 27.3 Å². The fourth-order valence-electron chi connectivity index (χ4n) is 4.68. The molecule has 1 amide bonds. The normalized spacial score (nSPS) is 14.4. The molecule has 4 rings (SSSR count). The number of imidazole rings is 1. The molecule has 0 aliphatic carbocycles. The van der Waals surface area contributed by atoms with Gasteiger partial charge in [-0.1, -0.05) is 0 Å². The van der Waals surface area contributed by atoms with Gasteiger partial charge in [-0.05, 0) is 82.1 Å². The van der Waals surface area contributed by atoms with E-state index in [-0.39, 0.29) is 18.6 Å². The van der Waals surface area contributed by atoms with E-state index in [1.54, 1.807) is 19.1 Å². The number of hydrogen-bond acceptors (Lipinski definition) is 6. The van der Waals surface area contributed by atoms with Gasteiger partial charge in [0.05, 0.1) is 32.2 Å². The third kappa shape index (κ3) is 5.96. The minimum Gasteiger partial charge on any atom is -0.497 e. The number of rotatable bonds is 7. The third-order valence-electron chi connectivity index (χ3n) is 6.49. The predicted molar refractivity (Wildman–Crippen MR) is 142 cm³/mol. The number of nitrogens with zero attached hydrogens (tertiary/aromatic N) is 3. The Hall–Kier alpha value is -3.81. The molecule has 1 aromatic heterocycles. The smallest absolute Gasteiger partial charge is 0.410 e. The molecule has 0 unspecified atom stereocenters. The highest BCUT2D eigenvalue weighted by atomic mass is 16.6. The Morgan fingerprint density at radius 3 is 1.97 bits per heavy atom. The summed E-state index contributed by atoms with van der Waals surface area (Å²) in [5, 5.41) is 0. The summed E-state index contributed by atoms with van der Waals surface area (Å²) >= 11 is 0. The lowest BCUT2D eigenvalue weighted by molar-refractivity contribution is -0.108. The average molecular weight is 506 g/mol. The fraction of sp³-hybridized carbons (Fsp3) is 0.414. The van der Waals surface area contributed by atoms with Gasteiger partial charge < -0.3 is 28.5 Å². The number of hydrogen-bond donors (Lipinski definition) is 0. The number of aldehydes is 1. The molecule has 2 heterocycles. The molecule has 1 aliphatic heterocycles. The Balaban J connectivity index is 1.72. The van der Waals surface area contributed by atoms with Crippen molar-refractivity contribution in [1.82, 2.24) is 14.5 Å². The topological polar surface area (TPSA) is 82.9 Å². The molecule has 0 spiro atoms. The molecule has 2 aromatic carbocycles. The monoisotopic (exact) mass is 505 g/mol. The molecule has 1 fully saturated rings. The lowest BCUT2D eigenvalue weighted by atomic mass is 9.96. The summed E-state index contributed by atoms with van der Waals surface area (Å²) in [4.78, 5) is 31.3. The predicted octanol–water partition coefficient (Wildman–Crippen LogP) is 5.55. The van der Waals surface area contributed by atoms with Crippen LogP contribution in [0.2, 0.25) is 0 Å². The number of amides is 1. The molecule has 37 heavy (non-hydrogen) atoms. The fourth-order valence-corrected chi connectivity index (χ4v) is 4.68. The number of likely N-dealkylation sites (tertiary alicyclic amines) is 1. The van der Waals surface area contributed by atoms with Crippen molar-refractivity contribution in [2.24, 2.45) is 0 Å². The van der Waals surface area contributed by atoms with Gasteiger partial charge in [-0.2, -0.15) is 0 Å². The average Bonchev–Trinajstić information content (AvgIpc) is 3.27. The van der Waals surface area contributed by atoms with Crippen LogP contribution in [0.3, 0.4) is 0 Å². The maximum absolute atomic E-state index is 12.6. The van der Waals surface area contributed by atoms with E-state index in [2.05, 4.69) is 0 Å². The Morgan fingerprint density at radius 2 is 1.49 bits per heavy atom. The zero-order chi connectivity index (χ0) is 26.6. The second-order valence-corrected chi connectivity index (χ2v) is 10.1. The third-order valence-corrected chi connectivity index (χ3v) is 6.49. The second kappa shape index (κ2) is 11.1. The van der Waals surface area contributed by atoms with Gasteiger partial charge in [0.2, 0.25) is 0 Å². The van der Waals surface area contributed by atoms with Crippen LogP contribution in [0.5, 0.6) is 11.5 Å². The van der Waals surface area contributed by atoms with Crippen LogP contribution in [0, 0.1) is 0 Å². The number of methoxy groups -OCH3 is 2. The first-order chi connectivity index (χ1) is 17.7. The summed E-state index contributed by atoms with van der Waals surface area (Å²) in [5.74, 6) is 2.47. The second-order valence-electron chi connectivity index (χ2n) is 10.1. The molecule has 0 saturated carbocycles. The molecule has 1 aliphatic rings. The molecule has 0 atom stereocenters. The molecule has 0 bridgehead atoms. The van der Waals surface area contributed by atoms with Crippen LogP contribution in [0.25, 0.3) is 22.5 Å². The summed E-state index contributed by atoms with van der Waals surface area (Å²) < 4.78 is 18.3. The lowest BCUT2D eigenvalue weighted by Crippen LogP contribution is -2.41. The summed E-state index contributed by atoms with van der Waals surface area (Å²) in [7, 11) is 3.27. The first-order valence-electron chi connectivity index (χ1n) is 12.5. The van der Waals surface area contributed by atoms with E-state index < -0.39 is 5.60 Å². The van der Waals surface area contributed by atoms with Gasteiger partial charge in [0.15, 0.2) is 0 Å². The number of aromatic nitrogens is 2. The highest BCUT2D eigenvalue weighted by Gasteiger charge is 2.31. The van der Waals surface area contributed by atoms with Crippen molar-refractivity contribution in [2.45, 2.75) is 51.7 Å². The van der Waals surface area contributed by atoms with Crippen molar-refractivity contribution in [3.05, 3.63) is 54.4 Å². The Bertz CT molecular complexity index is 1220. The van der Waals surface area contributed by atoms with Crippen LogP contribution in [0.15, 0.2) is 48.5 Å². The van der Waals surface area contributed by atoms with Crippen LogP contribution in [0.1, 0.15) is 45.4 Å². The van der Waals surface area contributed by atoms with Crippen LogP contribution < -0.4 is 9.47 Å². The molecular formula is C29H35N3O5. The summed E-state index contributed by atoms with van der Waals surface area (Å²) in [6, 6.07) is 15.6. The van der Waals surface area contributed by atoms with Gasteiger partial charge in [0.1, 0.15) is 29.2 Å². The minimum atomic E-state index is -0.533. The number of piperidine rings is 1. The van der Waals surface area contributed by atoms with E-state index in [4.69, 9.17) is 19.2 Å². The number of ether oxygens (including phenoxy) is 3. The van der Waals surface area contributed by atoms with Gasteiger partial charge in [-0.25, -0.2) is 9.78 Å². The molecule has 3 aromatic rings. The van der Waals surface area contributed by atoms with Gasteiger partial charge in [-0.3, -0.25) is 0 Å². The number of carbonyl (C=O) groups excluding carboxylic acids is 2. The highest BCUT2D eigenvalue weighted by Crippen LogP contribution is 2.38. The largest absolute Gasteiger partial charge is 0.497 e. The summed E-state index contributed by atoms with van der Waals surface area (Å²) in [6.45, 7) is 6.94. The molecule has 8 heteroatoms. The number of benzene rings is 2. The minimum absolute atomic E-state index is 0.0997. The van der Waals surface area contributed by atoms with E-state index in [9.17, 15) is 9.59 Å². The van der Waals surface area contributed by atoms with Crippen molar-refractivity contribution < 1.29 is 23.8 Å². The van der Waals surface area contributed by atoms with Crippen LogP contribution in [0.4, 0.5) is 4.79 Å². The van der Waals surface area contributed by atoms with E-state index in [1.165, 1.54) is 0 Å². The zero-order valence-corrected chi connectivity index (χ0v) is 22.2. The first kappa shape index (κ1) is 26.3.